The summed E-state index contributed by atoms with van der Waals surface area (Å²) < 4.78 is 10.3. The van der Waals surface area contributed by atoms with Gasteiger partial charge >= 0.3 is 0 Å². The second kappa shape index (κ2) is 5.58. The summed E-state index contributed by atoms with van der Waals surface area (Å²) in [6.07, 6.45) is 2.29. The number of pyridine rings is 1. The van der Waals surface area contributed by atoms with Gasteiger partial charge in [0.1, 0.15) is 0 Å². The zero-order chi connectivity index (χ0) is 14.8. The van der Waals surface area contributed by atoms with Gasteiger partial charge in [-0.25, -0.2) is 4.98 Å². The van der Waals surface area contributed by atoms with Crippen LogP contribution in [0.4, 0.5) is 0 Å². The number of ether oxygens (including phenoxy) is 1. The molecule has 0 saturated carbocycles. The Hall–Kier alpha value is -1.95. The predicted octanol–water partition coefficient (Wildman–Crippen LogP) is 2.11. The smallest absolute Gasteiger partial charge is 0.244 e. The monoisotopic (exact) mass is 276 g/mol. The number of hydrogen-bond acceptors (Lipinski definition) is 6. The molecule has 108 valence electrons. The van der Waals surface area contributed by atoms with Crippen LogP contribution in [0.25, 0.3) is 0 Å². The molecule has 2 N–H and O–H groups in total. The Morgan fingerprint density at radius 3 is 2.65 bits per heavy atom. The van der Waals surface area contributed by atoms with Crippen LogP contribution in [0.5, 0.6) is 5.88 Å². The van der Waals surface area contributed by atoms with E-state index in [1.807, 2.05) is 26.8 Å². The lowest BCUT2D eigenvalue weighted by Gasteiger charge is -2.23. The zero-order valence-electron chi connectivity index (χ0n) is 12.3. The van der Waals surface area contributed by atoms with Gasteiger partial charge in [0.25, 0.3) is 0 Å². The van der Waals surface area contributed by atoms with Gasteiger partial charge < -0.3 is 15.0 Å². The van der Waals surface area contributed by atoms with E-state index < -0.39 is 0 Å². The maximum atomic E-state index is 6.09. The highest BCUT2D eigenvalue weighted by atomic mass is 16.5. The topological polar surface area (TPSA) is 87.1 Å². The molecule has 6 heteroatoms. The first-order valence-electron chi connectivity index (χ1n) is 6.47. The SMILES string of the molecule is COc1ccc(Cc2noc([C@@H](N)C(C)(C)C)n2)cn1. The molecule has 0 amide bonds. The molecule has 2 rings (SSSR count). The molecule has 20 heavy (non-hydrogen) atoms. The summed E-state index contributed by atoms with van der Waals surface area (Å²) in [4.78, 5) is 8.49. The van der Waals surface area contributed by atoms with E-state index in [1.165, 1.54) is 0 Å². The van der Waals surface area contributed by atoms with E-state index in [0.717, 1.165) is 5.56 Å². The lowest BCUT2D eigenvalue weighted by atomic mass is 9.87. The maximum absolute atomic E-state index is 6.09. The van der Waals surface area contributed by atoms with Crippen molar-refractivity contribution in [3.05, 3.63) is 35.6 Å². The van der Waals surface area contributed by atoms with Crippen LogP contribution in [-0.2, 0) is 6.42 Å². The first kappa shape index (κ1) is 14.5. The zero-order valence-corrected chi connectivity index (χ0v) is 12.3. The Bertz CT molecular complexity index is 557. The normalized spacial score (nSPS) is 13.2. The minimum atomic E-state index is -0.280. The Morgan fingerprint density at radius 2 is 2.10 bits per heavy atom. The standard InChI is InChI=1S/C14H20N4O2/c1-14(2,3)12(15)13-17-10(18-20-13)7-9-5-6-11(19-4)16-8-9/h5-6,8,12H,7,15H2,1-4H3/t12-/m1/s1. The third-order valence-electron chi connectivity index (χ3n) is 3.05. The second-order valence-corrected chi connectivity index (χ2v) is 5.78. The largest absolute Gasteiger partial charge is 0.481 e. The van der Waals surface area contributed by atoms with Gasteiger partial charge in [-0.05, 0) is 11.0 Å². The average Bonchev–Trinajstić information content (AvgIpc) is 2.86. The lowest BCUT2D eigenvalue weighted by molar-refractivity contribution is 0.252. The highest BCUT2D eigenvalue weighted by Crippen LogP contribution is 2.29. The van der Waals surface area contributed by atoms with E-state index >= 15 is 0 Å². The fourth-order valence-corrected chi connectivity index (χ4v) is 1.65. The van der Waals surface area contributed by atoms with E-state index in [0.29, 0.717) is 24.0 Å². The van der Waals surface area contributed by atoms with Crippen molar-refractivity contribution in [1.82, 2.24) is 15.1 Å². The first-order chi connectivity index (χ1) is 9.40. The molecule has 0 aliphatic heterocycles. The molecule has 6 nitrogen and oxygen atoms in total. The molecule has 0 aliphatic rings. The van der Waals surface area contributed by atoms with Crippen LogP contribution in [0.15, 0.2) is 22.9 Å². The number of hydrogen-bond donors (Lipinski definition) is 1. The van der Waals surface area contributed by atoms with Crippen molar-refractivity contribution >= 4 is 0 Å². The highest BCUT2D eigenvalue weighted by molar-refractivity contribution is 5.20. The molecule has 2 aromatic heterocycles. The number of aromatic nitrogens is 3. The Kier molecular flexibility index (Phi) is 4.04. The van der Waals surface area contributed by atoms with Crippen molar-refractivity contribution in [2.75, 3.05) is 7.11 Å². The summed E-state index contributed by atoms with van der Waals surface area (Å²) in [6.45, 7) is 6.11. The molecular formula is C14H20N4O2. The van der Waals surface area contributed by atoms with Crippen molar-refractivity contribution in [2.45, 2.75) is 33.2 Å². The quantitative estimate of drug-likeness (QED) is 0.920. The molecule has 2 aromatic rings. The fourth-order valence-electron chi connectivity index (χ4n) is 1.65. The predicted molar refractivity (Wildman–Crippen MR) is 74.3 cm³/mol. The third-order valence-corrected chi connectivity index (χ3v) is 3.05. The van der Waals surface area contributed by atoms with Gasteiger partial charge in [-0.1, -0.05) is 32.0 Å². The molecule has 0 bridgehead atoms. The summed E-state index contributed by atoms with van der Waals surface area (Å²) in [7, 11) is 1.58. The lowest BCUT2D eigenvalue weighted by Crippen LogP contribution is -2.26. The van der Waals surface area contributed by atoms with E-state index in [4.69, 9.17) is 15.0 Å². The Labute approximate surface area is 118 Å². The molecule has 0 aliphatic carbocycles. The van der Waals surface area contributed by atoms with Crippen LogP contribution >= 0.6 is 0 Å². The molecule has 1 atom stereocenters. The maximum Gasteiger partial charge on any atom is 0.244 e. The van der Waals surface area contributed by atoms with Crippen molar-refractivity contribution in [3.63, 3.8) is 0 Å². The molecule has 0 radical (unpaired) electrons. The van der Waals surface area contributed by atoms with Gasteiger partial charge in [0, 0.05) is 18.7 Å². The minimum absolute atomic E-state index is 0.120. The number of nitrogens with two attached hydrogens (primary N) is 1. The van der Waals surface area contributed by atoms with Gasteiger partial charge in [-0.3, -0.25) is 0 Å². The van der Waals surface area contributed by atoms with Gasteiger partial charge in [-0.15, -0.1) is 0 Å². The molecule has 0 unspecified atom stereocenters. The second-order valence-electron chi connectivity index (χ2n) is 5.78. The summed E-state index contributed by atoms with van der Waals surface area (Å²) in [5.41, 5.74) is 6.96. The van der Waals surface area contributed by atoms with Crippen molar-refractivity contribution < 1.29 is 9.26 Å². The van der Waals surface area contributed by atoms with Gasteiger partial charge in [0.2, 0.25) is 11.8 Å². The molecular weight excluding hydrogens is 256 g/mol. The van der Waals surface area contributed by atoms with E-state index in [2.05, 4.69) is 15.1 Å². The third kappa shape index (κ3) is 3.33. The fraction of sp³-hybridized carbons (Fsp3) is 0.500. The van der Waals surface area contributed by atoms with Crippen molar-refractivity contribution in [2.24, 2.45) is 11.1 Å². The number of methoxy groups -OCH3 is 1. The molecule has 0 saturated heterocycles. The van der Waals surface area contributed by atoms with Crippen LogP contribution < -0.4 is 10.5 Å². The van der Waals surface area contributed by atoms with E-state index in [9.17, 15) is 0 Å². The van der Waals surface area contributed by atoms with Crippen molar-refractivity contribution in [1.29, 1.82) is 0 Å². The molecule has 0 aromatic carbocycles. The number of nitrogens with zero attached hydrogens (tertiary/aromatic N) is 3. The molecule has 0 spiro atoms. The summed E-state index contributed by atoms with van der Waals surface area (Å²) in [5, 5.41) is 3.96. The van der Waals surface area contributed by atoms with E-state index in [-0.39, 0.29) is 11.5 Å². The van der Waals surface area contributed by atoms with Gasteiger partial charge in [-0.2, -0.15) is 4.98 Å². The van der Waals surface area contributed by atoms with Crippen LogP contribution in [0, 0.1) is 5.41 Å². The van der Waals surface area contributed by atoms with E-state index in [1.54, 1.807) is 19.4 Å². The Morgan fingerprint density at radius 1 is 1.35 bits per heavy atom. The minimum Gasteiger partial charge on any atom is -0.481 e. The van der Waals surface area contributed by atoms with Crippen LogP contribution in [0.1, 0.15) is 44.1 Å². The van der Waals surface area contributed by atoms with Gasteiger partial charge in [0.15, 0.2) is 5.82 Å². The summed E-state index contributed by atoms with van der Waals surface area (Å²) >= 11 is 0. The summed E-state index contributed by atoms with van der Waals surface area (Å²) in [5.74, 6) is 1.65. The van der Waals surface area contributed by atoms with Crippen LogP contribution in [0.3, 0.4) is 0 Å². The highest BCUT2D eigenvalue weighted by Gasteiger charge is 2.27. The first-order valence-corrected chi connectivity index (χ1v) is 6.47. The van der Waals surface area contributed by atoms with Crippen LogP contribution in [0.2, 0.25) is 0 Å². The summed E-state index contributed by atoms with van der Waals surface area (Å²) in [6, 6.07) is 3.45. The van der Waals surface area contributed by atoms with Gasteiger partial charge in [0.05, 0.1) is 13.2 Å². The van der Waals surface area contributed by atoms with Crippen molar-refractivity contribution in [3.8, 4) is 5.88 Å². The number of rotatable bonds is 4. The molecule has 0 fully saturated rings. The van der Waals surface area contributed by atoms with Crippen LogP contribution in [-0.4, -0.2) is 22.2 Å². The Balaban J connectivity index is 2.09. The average molecular weight is 276 g/mol. The molecule has 2 heterocycles.